The highest BCUT2D eigenvalue weighted by atomic mass is 15.3. The lowest BCUT2D eigenvalue weighted by Crippen LogP contribution is -2.29. The average Bonchev–Trinajstić information content (AvgIpc) is 2.78. The summed E-state index contributed by atoms with van der Waals surface area (Å²) >= 11 is 0. The standard InChI is InChI=1S/C13H19N5/c1-18-10(8-9-16-18)6-7-13(17-15)11-4-2-3-5-12(11)14/h2-5,8-9,13,17H,6-7,14-15H2,1H3. The summed E-state index contributed by atoms with van der Waals surface area (Å²) in [6, 6.07) is 9.86. The highest BCUT2D eigenvalue weighted by Crippen LogP contribution is 2.23. The lowest BCUT2D eigenvalue weighted by molar-refractivity contribution is 0.508. The monoisotopic (exact) mass is 245 g/mol. The fourth-order valence-electron chi connectivity index (χ4n) is 2.10. The first-order chi connectivity index (χ1) is 8.72. The lowest BCUT2D eigenvalue weighted by atomic mass is 10.00. The van der Waals surface area contributed by atoms with Crippen LogP contribution in [0.5, 0.6) is 0 Å². The lowest BCUT2D eigenvalue weighted by Gasteiger charge is -2.18. The molecule has 0 saturated heterocycles. The molecule has 5 heteroatoms. The zero-order chi connectivity index (χ0) is 13.0. The van der Waals surface area contributed by atoms with Gasteiger partial charge in [0.05, 0.1) is 0 Å². The van der Waals surface area contributed by atoms with Crippen molar-refractivity contribution in [3.8, 4) is 0 Å². The van der Waals surface area contributed by atoms with Gasteiger partial charge in [0, 0.05) is 30.7 Å². The Kier molecular flexibility index (Phi) is 3.96. The van der Waals surface area contributed by atoms with Gasteiger partial charge in [0.15, 0.2) is 0 Å². The molecule has 96 valence electrons. The molecule has 1 heterocycles. The molecule has 1 aromatic heterocycles. The molecule has 5 nitrogen and oxygen atoms in total. The highest BCUT2D eigenvalue weighted by Gasteiger charge is 2.13. The maximum atomic E-state index is 5.96. The fraction of sp³-hybridized carbons (Fsp3) is 0.308. The zero-order valence-corrected chi connectivity index (χ0v) is 10.5. The van der Waals surface area contributed by atoms with Crippen molar-refractivity contribution < 1.29 is 0 Å². The molecule has 0 bridgehead atoms. The normalized spacial score (nSPS) is 12.6. The van der Waals surface area contributed by atoms with Crippen molar-refractivity contribution in [2.45, 2.75) is 18.9 Å². The summed E-state index contributed by atoms with van der Waals surface area (Å²) < 4.78 is 1.88. The van der Waals surface area contributed by atoms with Crippen molar-refractivity contribution in [2.75, 3.05) is 5.73 Å². The minimum Gasteiger partial charge on any atom is -0.398 e. The first-order valence-electron chi connectivity index (χ1n) is 5.99. The van der Waals surface area contributed by atoms with Gasteiger partial charge in [-0.2, -0.15) is 5.10 Å². The van der Waals surface area contributed by atoms with Gasteiger partial charge in [-0.1, -0.05) is 18.2 Å². The van der Waals surface area contributed by atoms with E-state index in [1.807, 2.05) is 42.1 Å². The number of anilines is 1. The molecule has 0 saturated carbocycles. The number of hydrazine groups is 1. The Balaban J connectivity index is 2.07. The topological polar surface area (TPSA) is 81.9 Å². The van der Waals surface area contributed by atoms with Crippen LogP contribution in [0.25, 0.3) is 0 Å². The Morgan fingerprint density at radius 1 is 1.33 bits per heavy atom. The van der Waals surface area contributed by atoms with Gasteiger partial charge in [0.2, 0.25) is 0 Å². The van der Waals surface area contributed by atoms with Crippen molar-refractivity contribution in [1.29, 1.82) is 0 Å². The fourth-order valence-corrected chi connectivity index (χ4v) is 2.10. The molecule has 5 N–H and O–H groups in total. The van der Waals surface area contributed by atoms with Crippen LogP contribution in [0.2, 0.25) is 0 Å². The van der Waals surface area contributed by atoms with Crippen LogP contribution in [0.4, 0.5) is 5.69 Å². The predicted molar refractivity (Wildman–Crippen MR) is 72.4 cm³/mol. The Labute approximate surface area is 107 Å². The molecular formula is C13H19N5. The number of nitrogen functional groups attached to an aromatic ring is 1. The molecule has 0 spiro atoms. The summed E-state index contributed by atoms with van der Waals surface area (Å²) in [6.45, 7) is 0. The maximum absolute atomic E-state index is 5.96. The Bertz CT molecular complexity index is 506. The van der Waals surface area contributed by atoms with Crippen LogP contribution >= 0.6 is 0 Å². The van der Waals surface area contributed by atoms with Gasteiger partial charge in [0.25, 0.3) is 0 Å². The van der Waals surface area contributed by atoms with E-state index >= 15 is 0 Å². The van der Waals surface area contributed by atoms with E-state index in [1.165, 1.54) is 5.69 Å². The number of para-hydroxylation sites is 1. The first-order valence-corrected chi connectivity index (χ1v) is 5.99. The molecule has 1 unspecified atom stereocenters. The SMILES string of the molecule is Cn1nccc1CCC(NN)c1ccccc1N. The maximum Gasteiger partial charge on any atom is 0.0492 e. The molecule has 0 aliphatic rings. The van der Waals surface area contributed by atoms with E-state index < -0.39 is 0 Å². The zero-order valence-electron chi connectivity index (χ0n) is 10.5. The minimum absolute atomic E-state index is 0.0566. The third-order valence-corrected chi connectivity index (χ3v) is 3.18. The van der Waals surface area contributed by atoms with Gasteiger partial charge in [-0.15, -0.1) is 0 Å². The van der Waals surface area contributed by atoms with Gasteiger partial charge in [0.1, 0.15) is 0 Å². The largest absolute Gasteiger partial charge is 0.398 e. The van der Waals surface area contributed by atoms with E-state index in [9.17, 15) is 0 Å². The minimum atomic E-state index is 0.0566. The van der Waals surface area contributed by atoms with Crippen LogP contribution in [0.3, 0.4) is 0 Å². The second kappa shape index (κ2) is 5.66. The number of aryl methyl sites for hydroxylation is 2. The predicted octanol–water partition coefficient (Wildman–Crippen LogP) is 1.14. The third kappa shape index (κ3) is 2.69. The van der Waals surface area contributed by atoms with Crippen LogP contribution in [0, 0.1) is 0 Å². The highest BCUT2D eigenvalue weighted by molar-refractivity contribution is 5.48. The molecule has 2 aromatic rings. The van der Waals surface area contributed by atoms with E-state index in [4.69, 9.17) is 11.6 Å². The van der Waals surface area contributed by atoms with Gasteiger partial charge in [-0.25, -0.2) is 0 Å². The molecule has 0 fully saturated rings. The Morgan fingerprint density at radius 3 is 2.72 bits per heavy atom. The van der Waals surface area contributed by atoms with E-state index in [0.29, 0.717) is 0 Å². The smallest absolute Gasteiger partial charge is 0.0492 e. The average molecular weight is 245 g/mol. The van der Waals surface area contributed by atoms with Crippen LogP contribution in [-0.4, -0.2) is 9.78 Å². The summed E-state index contributed by atoms with van der Waals surface area (Å²) in [5, 5.41) is 4.15. The number of benzene rings is 1. The number of nitrogens with two attached hydrogens (primary N) is 2. The van der Waals surface area contributed by atoms with Crippen LogP contribution < -0.4 is 17.0 Å². The van der Waals surface area contributed by atoms with Gasteiger partial charge < -0.3 is 5.73 Å². The number of aromatic nitrogens is 2. The first kappa shape index (κ1) is 12.6. The molecule has 2 rings (SSSR count). The van der Waals surface area contributed by atoms with E-state index in [2.05, 4.69) is 10.5 Å². The molecule has 0 radical (unpaired) electrons. The number of nitrogens with one attached hydrogen (secondary N) is 1. The summed E-state index contributed by atoms with van der Waals surface area (Å²) in [6.07, 6.45) is 3.58. The summed E-state index contributed by atoms with van der Waals surface area (Å²) in [5.74, 6) is 5.62. The van der Waals surface area contributed by atoms with Crippen molar-refractivity contribution in [3.63, 3.8) is 0 Å². The number of rotatable bonds is 5. The quantitative estimate of drug-likeness (QED) is 0.419. The Morgan fingerprint density at radius 2 is 2.11 bits per heavy atom. The number of hydrogen-bond acceptors (Lipinski definition) is 4. The number of hydrogen-bond donors (Lipinski definition) is 3. The van der Waals surface area contributed by atoms with E-state index in [0.717, 1.165) is 24.1 Å². The Hall–Kier alpha value is -1.85. The van der Waals surface area contributed by atoms with Crippen molar-refractivity contribution >= 4 is 5.69 Å². The van der Waals surface area contributed by atoms with E-state index in [-0.39, 0.29) is 6.04 Å². The van der Waals surface area contributed by atoms with Crippen LogP contribution in [0.15, 0.2) is 36.5 Å². The molecular weight excluding hydrogens is 226 g/mol. The summed E-state index contributed by atoms with van der Waals surface area (Å²) in [7, 11) is 1.94. The van der Waals surface area contributed by atoms with Gasteiger partial charge >= 0.3 is 0 Å². The van der Waals surface area contributed by atoms with Gasteiger partial charge in [-0.05, 0) is 30.5 Å². The van der Waals surface area contributed by atoms with Crippen LogP contribution in [0.1, 0.15) is 23.7 Å². The second-order valence-electron chi connectivity index (χ2n) is 4.33. The molecule has 0 aliphatic heterocycles. The second-order valence-corrected chi connectivity index (χ2v) is 4.33. The van der Waals surface area contributed by atoms with Crippen LogP contribution in [-0.2, 0) is 13.5 Å². The van der Waals surface area contributed by atoms with Gasteiger partial charge in [-0.3, -0.25) is 16.0 Å². The van der Waals surface area contributed by atoms with Crippen molar-refractivity contribution in [3.05, 3.63) is 47.8 Å². The number of nitrogens with zero attached hydrogens (tertiary/aromatic N) is 2. The third-order valence-electron chi connectivity index (χ3n) is 3.18. The van der Waals surface area contributed by atoms with Crippen molar-refractivity contribution in [1.82, 2.24) is 15.2 Å². The molecule has 1 atom stereocenters. The molecule has 0 aliphatic carbocycles. The summed E-state index contributed by atoms with van der Waals surface area (Å²) in [4.78, 5) is 0. The van der Waals surface area contributed by atoms with Crippen molar-refractivity contribution in [2.24, 2.45) is 12.9 Å². The molecule has 18 heavy (non-hydrogen) atoms. The molecule has 0 amide bonds. The molecule has 1 aromatic carbocycles. The van der Waals surface area contributed by atoms with E-state index in [1.54, 1.807) is 6.20 Å². The summed E-state index contributed by atoms with van der Waals surface area (Å²) in [5.41, 5.74) is 11.8.